The number of hydrogen-bond acceptors (Lipinski definition) is 2. The van der Waals surface area contributed by atoms with Gasteiger partial charge in [-0.3, -0.25) is 0 Å². The summed E-state index contributed by atoms with van der Waals surface area (Å²) in [4.78, 5) is 0. The monoisotopic (exact) mass is 297 g/mol. The molecule has 0 amide bonds. The van der Waals surface area contributed by atoms with E-state index in [0.29, 0.717) is 11.3 Å². The number of rotatable bonds is 5. The Bertz CT molecular complexity index is 589. The van der Waals surface area contributed by atoms with Crippen LogP contribution in [0, 0.1) is 0 Å². The highest BCUT2D eigenvalue weighted by atomic mass is 19.4. The molecule has 2 nitrogen and oxygen atoms in total. The molecular formula is C16H18F3NO. The molecule has 0 aliphatic heterocycles. The lowest BCUT2D eigenvalue weighted by molar-refractivity contribution is -0.137. The predicted octanol–water partition coefficient (Wildman–Crippen LogP) is 5.03. The van der Waals surface area contributed by atoms with E-state index in [-0.39, 0.29) is 6.04 Å². The Balaban J connectivity index is 2.29. The van der Waals surface area contributed by atoms with Gasteiger partial charge in [-0.15, -0.1) is 0 Å². The SMILES string of the molecule is CCNC(CC)c1ccc(-c2cccc(C(F)(F)F)c2)o1. The number of furan rings is 1. The molecule has 0 saturated carbocycles. The minimum atomic E-state index is -4.35. The molecule has 0 bridgehead atoms. The summed E-state index contributed by atoms with van der Waals surface area (Å²) in [5, 5.41) is 3.28. The zero-order valence-electron chi connectivity index (χ0n) is 12.0. The van der Waals surface area contributed by atoms with Gasteiger partial charge in [-0.2, -0.15) is 13.2 Å². The van der Waals surface area contributed by atoms with Gasteiger partial charge in [-0.25, -0.2) is 0 Å². The van der Waals surface area contributed by atoms with Gasteiger partial charge in [0.15, 0.2) is 0 Å². The van der Waals surface area contributed by atoms with E-state index < -0.39 is 11.7 Å². The van der Waals surface area contributed by atoms with Gasteiger partial charge in [0.1, 0.15) is 11.5 Å². The molecular weight excluding hydrogens is 279 g/mol. The van der Waals surface area contributed by atoms with E-state index >= 15 is 0 Å². The maximum atomic E-state index is 12.7. The molecule has 0 aliphatic carbocycles. The smallest absolute Gasteiger partial charge is 0.416 e. The van der Waals surface area contributed by atoms with E-state index in [1.807, 2.05) is 19.9 Å². The molecule has 1 atom stereocenters. The Labute approximate surface area is 122 Å². The van der Waals surface area contributed by atoms with Crippen LogP contribution in [0.5, 0.6) is 0 Å². The normalized spacial score (nSPS) is 13.4. The van der Waals surface area contributed by atoms with E-state index in [4.69, 9.17) is 4.42 Å². The van der Waals surface area contributed by atoms with Gasteiger partial charge in [-0.1, -0.05) is 26.0 Å². The van der Waals surface area contributed by atoms with Crippen LogP contribution in [0.15, 0.2) is 40.8 Å². The molecule has 0 fully saturated rings. The summed E-state index contributed by atoms with van der Waals surface area (Å²) in [6, 6.07) is 8.78. The van der Waals surface area contributed by atoms with Crippen LogP contribution in [-0.4, -0.2) is 6.54 Å². The standard InChI is InChI=1S/C16H18F3NO/c1-3-13(20-4-2)15-9-8-14(21-15)11-6-5-7-12(10-11)16(17,18)19/h5-10,13,20H,3-4H2,1-2H3. The summed E-state index contributed by atoms with van der Waals surface area (Å²) in [6.45, 7) is 4.83. The lowest BCUT2D eigenvalue weighted by atomic mass is 10.1. The van der Waals surface area contributed by atoms with E-state index in [0.717, 1.165) is 30.9 Å². The largest absolute Gasteiger partial charge is 0.459 e. The van der Waals surface area contributed by atoms with Crippen LogP contribution in [0.1, 0.15) is 37.6 Å². The van der Waals surface area contributed by atoms with Gasteiger partial charge < -0.3 is 9.73 Å². The van der Waals surface area contributed by atoms with Crippen LogP contribution >= 0.6 is 0 Å². The first-order valence-corrected chi connectivity index (χ1v) is 6.96. The maximum absolute atomic E-state index is 12.7. The van der Waals surface area contributed by atoms with Crippen molar-refractivity contribution in [1.82, 2.24) is 5.32 Å². The molecule has 0 spiro atoms. The minimum Gasteiger partial charge on any atom is -0.459 e. The number of benzene rings is 1. The molecule has 2 aromatic rings. The molecule has 1 unspecified atom stereocenters. The van der Waals surface area contributed by atoms with Gasteiger partial charge in [0, 0.05) is 5.56 Å². The Morgan fingerprint density at radius 2 is 1.90 bits per heavy atom. The van der Waals surface area contributed by atoms with Crippen molar-refractivity contribution in [3.05, 3.63) is 47.7 Å². The van der Waals surface area contributed by atoms with Gasteiger partial charge >= 0.3 is 6.18 Å². The number of hydrogen-bond donors (Lipinski definition) is 1. The van der Waals surface area contributed by atoms with Crippen LogP contribution in [0.25, 0.3) is 11.3 Å². The van der Waals surface area contributed by atoms with Gasteiger partial charge in [0.25, 0.3) is 0 Å². The first kappa shape index (κ1) is 15.6. The van der Waals surface area contributed by atoms with Crippen LogP contribution in [0.2, 0.25) is 0 Å². The first-order valence-electron chi connectivity index (χ1n) is 6.96. The molecule has 0 aliphatic rings. The third-order valence-electron chi connectivity index (χ3n) is 3.30. The molecule has 1 aromatic carbocycles. The van der Waals surface area contributed by atoms with Gasteiger partial charge in [0.2, 0.25) is 0 Å². The van der Waals surface area contributed by atoms with Crippen LogP contribution < -0.4 is 5.32 Å². The zero-order valence-corrected chi connectivity index (χ0v) is 12.0. The second-order valence-electron chi connectivity index (χ2n) is 4.80. The fourth-order valence-electron chi connectivity index (χ4n) is 2.24. The molecule has 0 saturated heterocycles. The minimum absolute atomic E-state index is 0.0783. The highest BCUT2D eigenvalue weighted by Gasteiger charge is 2.30. The van der Waals surface area contributed by atoms with Crippen molar-refractivity contribution in [3.8, 4) is 11.3 Å². The quantitative estimate of drug-likeness (QED) is 0.837. The molecule has 0 radical (unpaired) electrons. The lowest BCUT2D eigenvalue weighted by Crippen LogP contribution is -2.19. The topological polar surface area (TPSA) is 25.2 Å². The fourth-order valence-corrected chi connectivity index (χ4v) is 2.24. The van der Waals surface area contributed by atoms with Crippen molar-refractivity contribution in [1.29, 1.82) is 0 Å². The number of nitrogens with one attached hydrogen (secondary N) is 1. The van der Waals surface area contributed by atoms with Crippen molar-refractivity contribution in [2.75, 3.05) is 6.54 Å². The second kappa shape index (κ2) is 6.35. The summed E-state index contributed by atoms with van der Waals surface area (Å²) < 4.78 is 43.9. The highest BCUT2D eigenvalue weighted by molar-refractivity contribution is 5.59. The molecule has 114 valence electrons. The van der Waals surface area contributed by atoms with Crippen molar-refractivity contribution in [2.24, 2.45) is 0 Å². The highest BCUT2D eigenvalue weighted by Crippen LogP contribution is 2.33. The van der Waals surface area contributed by atoms with E-state index in [1.54, 1.807) is 12.1 Å². The van der Waals surface area contributed by atoms with Crippen LogP contribution in [0.4, 0.5) is 13.2 Å². The zero-order chi connectivity index (χ0) is 15.5. The Hall–Kier alpha value is -1.75. The molecule has 1 N–H and O–H groups in total. The summed E-state index contributed by atoms with van der Waals surface area (Å²) in [5.74, 6) is 1.19. The Morgan fingerprint density at radius 3 is 2.52 bits per heavy atom. The lowest BCUT2D eigenvalue weighted by Gasteiger charge is -2.12. The van der Waals surface area contributed by atoms with Crippen LogP contribution in [-0.2, 0) is 6.18 Å². The van der Waals surface area contributed by atoms with E-state index in [2.05, 4.69) is 5.32 Å². The average molecular weight is 297 g/mol. The van der Waals surface area contributed by atoms with Crippen molar-refractivity contribution < 1.29 is 17.6 Å². The van der Waals surface area contributed by atoms with E-state index in [1.165, 1.54) is 6.07 Å². The number of halogens is 3. The Morgan fingerprint density at radius 1 is 1.14 bits per heavy atom. The second-order valence-corrected chi connectivity index (χ2v) is 4.80. The van der Waals surface area contributed by atoms with Crippen molar-refractivity contribution in [2.45, 2.75) is 32.5 Å². The molecule has 5 heteroatoms. The molecule has 1 heterocycles. The van der Waals surface area contributed by atoms with Crippen molar-refractivity contribution >= 4 is 0 Å². The van der Waals surface area contributed by atoms with E-state index in [9.17, 15) is 13.2 Å². The third kappa shape index (κ3) is 3.67. The van der Waals surface area contributed by atoms with Gasteiger partial charge in [0.05, 0.1) is 11.6 Å². The van der Waals surface area contributed by atoms with Crippen LogP contribution in [0.3, 0.4) is 0 Å². The van der Waals surface area contributed by atoms with Crippen molar-refractivity contribution in [3.63, 3.8) is 0 Å². The predicted molar refractivity (Wildman–Crippen MR) is 75.9 cm³/mol. The number of alkyl halides is 3. The first-order chi connectivity index (χ1) is 9.95. The maximum Gasteiger partial charge on any atom is 0.416 e. The Kier molecular flexibility index (Phi) is 4.73. The van der Waals surface area contributed by atoms with Gasteiger partial charge in [-0.05, 0) is 37.2 Å². The fraction of sp³-hybridized carbons (Fsp3) is 0.375. The average Bonchev–Trinajstić information content (AvgIpc) is 2.93. The molecule has 1 aromatic heterocycles. The molecule has 21 heavy (non-hydrogen) atoms. The summed E-state index contributed by atoms with van der Waals surface area (Å²) in [6.07, 6.45) is -3.50. The molecule has 2 rings (SSSR count). The summed E-state index contributed by atoms with van der Waals surface area (Å²) in [5.41, 5.74) is -0.237. The summed E-state index contributed by atoms with van der Waals surface area (Å²) >= 11 is 0. The summed E-state index contributed by atoms with van der Waals surface area (Å²) in [7, 11) is 0. The third-order valence-corrected chi connectivity index (χ3v) is 3.30.